The van der Waals surface area contributed by atoms with Gasteiger partial charge in [0, 0.05) is 18.8 Å². The first-order chi connectivity index (χ1) is 9.63. The molecule has 20 heavy (non-hydrogen) atoms. The number of unbranched alkanes of at least 4 members (excludes halogenated alkanes) is 2. The molecule has 0 saturated carbocycles. The number of fused-ring (bicyclic) bond motifs is 1. The van der Waals surface area contributed by atoms with E-state index in [1.807, 2.05) is 0 Å². The van der Waals surface area contributed by atoms with Gasteiger partial charge >= 0.3 is 12.0 Å². The number of amides is 2. The summed E-state index contributed by atoms with van der Waals surface area (Å²) < 4.78 is 0. The zero-order valence-electron chi connectivity index (χ0n) is 11.7. The van der Waals surface area contributed by atoms with Crippen molar-refractivity contribution in [1.29, 1.82) is 0 Å². The minimum absolute atomic E-state index is 0.137. The van der Waals surface area contributed by atoms with Gasteiger partial charge in [-0.1, -0.05) is 25.8 Å². The third kappa shape index (κ3) is 3.10. The summed E-state index contributed by atoms with van der Waals surface area (Å²) in [5, 5.41) is 11.9. The van der Waals surface area contributed by atoms with E-state index in [-0.39, 0.29) is 11.6 Å². The van der Waals surface area contributed by atoms with Crippen LogP contribution in [-0.2, 0) is 6.42 Å². The standard InChI is InChI=1S/C15H20N2O3/c1-2-3-4-8-16-15(20)17-9-7-11-5-6-12(14(18)19)10-13(11)17/h5-6,10H,2-4,7-9H2,1H3,(H,16,20)(H,18,19). The monoisotopic (exact) mass is 276 g/mol. The van der Waals surface area contributed by atoms with E-state index in [2.05, 4.69) is 12.2 Å². The maximum Gasteiger partial charge on any atom is 0.335 e. The zero-order valence-corrected chi connectivity index (χ0v) is 11.7. The normalized spacial score (nSPS) is 13.2. The molecule has 0 bridgehead atoms. The molecule has 5 nitrogen and oxygen atoms in total. The van der Waals surface area contributed by atoms with Gasteiger partial charge < -0.3 is 10.4 Å². The number of carboxylic acids is 1. The van der Waals surface area contributed by atoms with E-state index in [4.69, 9.17) is 5.11 Å². The van der Waals surface area contributed by atoms with Crippen LogP contribution in [0.25, 0.3) is 0 Å². The number of aromatic carboxylic acids is 1. The number of anilines is 1. The summed E-state index contributed by atoms with van der Waals surface area (Å²) >= 11 is 0. The van der Waals surface area contributed by atoms with Crippen LogP contribution < -0.4 is 10.2 Å². The quantitative estimate of drug-likeness (QED) is 0.812. The van der Waals surface area contributed by atoms with Crippen LogP contribution in [0.4, 0.5) is 10.5 Å². The molecule has 1 aromatic rings. The minimum Gasteiger partial charge on any atom is -0.478 e. The van der Waals surface area contributed by atoms with Crippen LogP contribution in [0.2, 0.25) is 0 Å². The number of nitrogens with zero attached hydrogens (tertiary/aromatic N) is 1. The van der Waals surface area contributed by atoms with Crippen molar-refractivity contribution in [3.63, 3.8) is 0 Å². The van der Waals surface area contributed by atoms with Gasteiger partial charge in [0.25, 0.3) is 0 Å². The van der Waals surface area contributed by atoms with E-state index < -0.39 is 5.97 Å². The van der Waals surface area contributed by atoms with Crippen LogP contribution in [-0.4, -0.2) is 30.2 Å². The first-order valence-electron chi connectivity index (χ1n) is 7.05. The average Bonchev–Trinajstić information content (AvgIpc) is 2.86. The number of rotatable bonds is 5. The predicted octanol–water partition coefficient (Wildman–Crippen LogP) is 2.65. The Hall–Kier alpha value is -2.04. The highest BCUT2D eigenvalue weighted by Gasteiger charge is 2.25. The highest BCUT2D eigenvalue weighted by molar-refractivity contribution is 5.96. The van der Waals surface area contributed by atoms with Crippen molar-refractivity contribution in [2.24, 2.45) is 0 Å². The maximum absolute atomic E-state index is 12.1. The Morgan fingerprint density at radius 2 is 2.15 bits per heavy atom. The Balaban J connectivity index is 2.04. The number of hydrogen-bond donors (Lipinski definition) is 2. The first-order valence-corrected chi connectivity index (χ1v) is 7.05. The van der Waals surface area contributed by atoms with Crippen molar-refractivity contribution in [2.75, 3.05) is 18.0 Å². The molecular weight excluding hydrogens is 256 g/mol. The number of carbonyl (C=O) groups is 2. The summed E-state index contributed by atoms with van der Waals surface area (Å²) in [7, 11) is 0. The second-order valence-electron chi connectivity index (χ2n) is 4.99. The second-order valence-corrected chi connectivity index (χ2v) is 4.99. The van der Waals surface area contributed by atoms with Crippen molar-refractivity contribution < 1.29 is 14.7 Å². The fourth-order valence-corrected chi connectivity index (χ4v) is 2.39. The lowest BCUT2D eigenvalue weighted by Crippen LogP contribution is -2.39. The van der Waals surface area contributed by atoms with Gasteiger partial charge in [0.05, 0.1) is 5.56 Å². The first kappa shape index (κ1) is 14.4. The zero-order chi connectivity index (χ0) is 14.5. The minimum atomic E-state index is -0.969. The molecule has 1 heterocycles. The Morgan fingerprint density at radius 3 is 2.85 bits per heavy atom. The third-order valence-electron chi connectivity index (χ3n) is 3.53. The lowest BCUT2D eigenvalue weighted by molar-refractivity contribution is 0.0697. The van der Waals surface area contributed by atoms with E-state index in [0.717, 1.165) is 36.9 Å². The maximum atomic E-state index is 12.1. The summed E-state index contributed by atoms with van der Waals surface area (Å²) in [6, 6.07) is 4.82. The van der Waals surface area contributed by atoms with Crippen LogP contribution in [0.1, 0.15) is 42.1 Å². The molecule has 108 valence electrons. The summed E-state index contributed by atoms with van der Waals surface area (Å²) in [6.45, 7) is 3.39. The summed E-state index contributed by atoms with van der Waals surface area (Å²) in [4.78, 5) is 24.8. The van der Waals surface area contributed by atoms with E-state index in [0.29, 0.717) is 13.1 Å². The molecule has 0 atom stereocenters. The van der Waals surface area contributed by atoms with Crippen LogP contribution in [0.15, 0.2) is 18.2 Å². The molecule has 1 aliphatic heterocycles. The Kier molecular flexibility index (Phi) is 4.61. The highest BCUT2D eigenvalue weighted by atomic mass is 16.4. The summed E-state index contributed by atoms with van der Waals surface area (Å²) in [5.74, 6) is -0.969. The lowest BCUT2D eigenvalue weighted by atomic mass is 10.1. The average molecular weight is 276 g/mol. The molecule has 1 aliphatic rings. The Labute approximate surface area is 118 Å². The van der Waals surface area contributed by atoms with E-state index >= 15 is 0 Å². The molecule has 1 aromatic carbocycles. The van der Waals surface area contributed by atoms with Gasteiger partial charge in [-0.3, -0.25) is 4.90 Å². The van der Waals surface area contributed by atoms with Gasteiger partial charge in [-0.25, -0.2) is 9.59 Å². The number of urea groups is 1. The molecule has 0 unspecified atom stereocenters. The molecule has 2 rings (SSSR count). The van der Waals surface area contributed by atoms with Gasteiger partial charge in [0.1, 0.15) is 0 Å². The topological polar surface area (TPSA) is 69.6 Å². The molecule has 0 fully saturated rings. The van der Waals surface area contributed by atoms with Crippen molar-refractivity contribution in [1.82, 2.24) is 5.32 Å². The summed E-state index contributed by atoms with van der Waals surface area (Å²) in [5.41, 5.74) is 1.96. The number of carbonyl (C=O) groups excluding carboxylic acids is 1. The largest absolute Gasteiger partial charge is 0.478 e. The molecule has 0 saturated heterocycles. The molecule has 0 aliphatic carbocycles. The molecule has 0 aromatic heterocycles. The van der Waals surface area contributed by atoms with Crippen molar-refractivity contribution in [3.8, 4) is 0 Å². The van der Waals surface area contributed by atoms with Crippen LogP contribution in [0.3, 0.4) is 0 Å². The fraction of sp³-hybridized carbons (Fsp3) is 0.467. The molecule has 2 amide bonds. The summed E-state index contributed by atoms with van der Waals surface area (Å²) in [6.07, 6.45) is 3.96. The number of hydrogen-bond acceptors (Lipinski definition) is 2. The van der Waals surface area contributed by atoms with Gasteiger partial charge in [-0.2, -0.15) is 0 Å². The van der Waals surface area contributed by atoms with Crippen molar-refractivity contribution in [3.05, 3.63) is 29.3 Å². The van der Waals surface area contributed by atoms with E-state index in [1.54, 1.807) is 23.1 Å². The highest BCUT2D eigenvalue weighted by Crippen LogP contribution is 2.29. The Bertz CT molecular complexity index is 514. The number of nitrogens with one attached hydrogen (secondary N) is 1. The van der Waals surface area contributed by atoms with Gasteiger partial charge in [-0.15, -0.1) is 0 Å². The Morgan fingerprint density at radius 1 is 1.35 bits per heavy atom. The predicted molar refractivity (Wildman–Crippen MR) is 77.4 cm³/mol. The fourth-order valence-electron chi connectivity index (χ4n) is 2.39. The third-order valence-corrected chi connectivity index (χ3v) is 3.53. The van der Waals surface area contributed by atoms with Gasteiger partial charge in [0.2, 0.25) is 0 Å². The molecular formula is C15H20N2O3. The van der Waals surface area contributed by atoms with Crippen molar-refractivity contribution in [2.45, 2.75) is 32.6 Å². The second kappa shape index (κ2) is 6.41. The number of benzene rings is 1. The van der Waals surface area contributed by atoms with Crippen LogP contribution in [0, 0.1) is 0 Å². The van der Waals surface area contributed by atoms with E-state index in [1.165, 1.54) is 0 Å². The van der Waals surface area contributed by atoms with Gasteiger partial charge in [-0.05, 0) is 30.5 Å². The van der Waals surface area contributed by atoms with E-state index in [9.17, 15) is 9.59 Å². The molecule has 5 heteroatoms. The number of carboxylic acid groups (broad SMARTS) is 1. The smallest absolute Gasteiger partial charge is 0.335 e. The van der Waals surface area contributed by atoms with Crippen LogP contribution >= 0.6 is 0 Å². The molecule has 0 spiro atoms. The molecule has 2 N–H and O–H groups in total. The van der Waals surface area contributed by atoms with Gasteiger partial charge in [0.15, 0.2) is 0 Å². The van der Waals surface area contributed by atoms with Crippen molar-refractivity contribution >= 4 is 17.7 Å². The molecule has 0 radical (unpaired) electrons. The SMILES string of the molecule is CCCCCNC(=O)N1CCc2ccc(C(=O)O)cc21. The lowest BCUT2D eigenvalue weighted by Gasteiger charge is -2.18. The van der Waals surface area contributed by atoms with Crippen LogP contribution in [0.5, 0.6) is 0 Å².